The fourth-order valence-corrected chi connectivity index (χ4v) is 0.565. The lowest BCUT2D eigenvalue weighted by Gasteiger charge is -1.98. The van der Waals surface area contributed by atoms with Crippen molar-refractivity contribution in [1.29, 1.82) is 0 Å². The molecule has 0 saturated carbocycles. The van der Waals surface area contributed by atoms with E-state index in [0.717, 1.165) is 0 Å². The minimum Gasteiger partial charge on any atom is -0.281 e. The molecule has 0 aromatic carbocycles. The summed E-state index contributed by atoms with van der Waals surface area (Å²) in [6, 6.07) is 0. The molecule has 2 N–H and O–H groups in total. The van der Waals surface area contributed by atoms with Gasteiger partial charge < -0.3 is 0 Å². The summed E-state index contributed by atoms with van der Waals surface area (Å²) in [5.41, 5.74) is 0. The molecule has 1 saturated heterocycles. The Hall–Kier alpha value is -1.13. The van der Waals surface area contributed by atoms with Crippen LogP contribution in [0.1, 0.15) is 12.8 Å². The minimum atomic E-state index is -5.07. The third-order valence-corrected chi connectivity index (χ3v) is 1.70. The molecule has 15 heavy (non-hydrogen) atoms. The molecule has 7 nitrogen and oxygen atoms in total. The standard InChI is InChI=1S/C4H5NO3.CH2F2O3S/c6-3-1-2-4(7)5(3)8;2-1(3)7(4,5)6/h8H,1-2H2;1H,(H,4,5,6). The van der Waals surface area contributed by atoms with Gasteiger partial charge in [-0.25, -0.2) is 0 Å². The van der Waals surface area contributed by atoms with Gasteiger partial charge in [-0.3, -0.25) is 19.3 Å². The van der Waals surface area contributed by atoms with Crippen LogP contribution >= 0.6 is 0 Å². The van der Waals surface area contributed by atoms with Gasteiger partial charge in [0, 0.05) is 12.8 Å². The van der Waals surface area contributed by atoms with Crippen LogP contribution in [0, 0.1) is 0 Å². The van der Waals surface area contributed by atoms with Crippen LogP contribution in [-0.2, 0) is 19.7 Å². The minimum absolute atomic E-state index is 0.148. The van der Waals surface area contributed by atoms with Crippen LogP contribution in [0.5, 0.6) is 0 Å². The second-order valence-electron chi connectivity index (χ2n) is 2.37. The van der Waals surface area contributed by atoms with Crippen LogP contribution in [0.15, 0.2) is 0 Å². The van der Waals surface area contributed by atoms with Crippen molar-refractivity contribution < 1.29 is 36.5 Å². The maximum atomic E-state index is 10.7. The third-order valence-electron chi connectivity index (χ3n) is 1.25. The number of imide groups is 1. The van der Waals surface area contributed by atoms with Gasteiger partial charge in [-0.15, -0.1) is 0 Å². The zero-order valence-electron chi connectivity index (χ0n) is 7.13. The lowest BCUT2D eigenvalue weighted by atomic mass is 10.4. The van der Waals surface area contributed by atoms with E-state index in [1.807, 2.05) is 0 Å². The summed E-state index contributed by atoms with van der Waals surface area (Å²) < 4.78 is 47.0. The fourth-order valence-electron chi connectivity index (χ4n) is 0.565. The molecule has 1 aliphatic heterocycles. The summed E-state index contributed by atoms with van der Waals surface area (Å²) in [5, 5.41) is 8.57. The average molecular weight is 247 g/mol. The zero-order valence-corrected chi connectivity index (χ0v) is 7.95. The molecule has 1 fully saturated rings. The molecule has 0 aromatic rings. The molecular formula is C5H7F2NO6S. The number of hydroxylamine groups is 2. The highest BCUT2D eigenvalue weighted by atomic mass is 32.2. The highest BCUT2D eigenvalue weighted by Gasteiger charge is 2.26. The quantitative estimate of drug-likeness (QED) is 0.371. The monoisotopic (exact) mass is 247 g/mol. The van der Waals surface area contributed by atoms with E-state index in [4.69, 9.17) is 18.2 Å². The first-order valence-electron chi connectivity index (χ1n) is 3.45. The van der Waals surface area contributed by atoms with E-state index >= 15 is 0 Å². The Labute approximate surface area is 83.0 Å². The summed E-state index contributed by atoms with van der Waals surface area (Å²) in [5.74, 6) is -4.68. The Kier molecular flexibility index (Phi) is 4.71. The molecule has 1 aliphatic rings. The predicted molar refractivity (Wildman–Crippen MR) is 40.4 cm³/mol. The molecule has 10 heteroatoms. The topological polar surface area (TPSA) is 112 Å². The molecule has 0 spiro atoms. The number of halogens is 2. The van der Waals surface area contributed by atoms with Crippen LogP contribution in [0.25, 0.3) is 0 Å². The van der Waals surface area contributed by atoms with Crippen molar-refractivity contribution in [2.45, 2.75) is 18.6 Å². The lowest BCUT2D eigenvalue weighted by Crippen LogP contribution is -2.24. The molecule has 0 bridgehead atoms. The van der Waals surface area contributed by atoms with E-state index in [1.54, 1.807) is 0 Å². The zero-order chi connectivity index (χ0) is 12.2. The van der Waals surface area contributed by atoms with Gasteiger partial charge in [0.05, 0.1) is 0 Å². The molecule has 1 rings (SSSR count). The highest BCUT2D eigenvalue weighted by molar-refractivity contribution is 7.86. The van der Waals surface area contributed by atoms with Gasteiger partial charge in [0.15, 0.2) is 0 Å². The van der Waals surface area contributed by atoms with Crippen molar-refractivity contribution >= 4 is 21.9 Å². The Morgan fingerprint density at radius 3 is 1.53 bits per heavy atom. The average Bonchev–Trinajstić information content (AvgIpc) is 2.36. The Balaban J connectivity index is 0.000000265. The van der Waals surface area contributed by atoms with Gasteiger partial charge in [-0.1, -0.05) is 0 Å². The summed E-state index contributed by atoms with van der Waals surface area (Å²) in [6.45, 7) is 0. The normalized spacial score (nSPS) is 16.7. The second kappa shape index (κ2) is 5.09. The first-order valence-corrected chi connectivity index (χ1v) is 4.95. The van der Waals surface area contributed by atoms with E-state index in [2.05, 4.69) is 0 Å². The number of hydrogen-bond acceptors (Lipinski definition) is 5. The molecule has 0 radical (unpaired) electrons. The maximum absolute atomic E-state index is 10.7. The molecule has 0 atom stereocenters. The lowest BCUT2D eigenvalue weighted by molar-refractivity contribution is -0.171. The predicted octanol–water partition coefficient (Wildman–Crippen LogP) is -0.379. The Morgan fingerprint density at radius 1 is 1.20 bits per heavy atom. The van der Waals surface area contributed by atoms with E-state index in [1.165, 1.54) is 0 Å². The van der Waals surface area contributed by atoms with Crippen LogP contribution in [-0.4, -0.2) is 40.8 Å². The van der Waals surface area contributed by atoms with Crippen LogP contribution in [0.4, 0.5) is 8.78 Å². The van der Waals surface area contributed by atoms with E-state index in [9.17, 15) is 18.4 Å². The molecule has 0 aliphatic carbocycles. The Morgan fingerprint density at radius 2 is 1.47 bits per heavy atom. The SMILES string of the molecule is O=C1CCC(=O)N1O.O=S(=O)(O)C(F)F. The molecule has 0 aromatic heterocycles. The number of hydrogen-bond donors (Lipinski definition) is 2. The smallest absolute Gasteiger partial charge is 0.281 e. The molecule has 88 valence electrons. The van der Waals surface area contributed by atoms with Crippen molar-refractivity contribution in [1.82, 2.24) is 5.06 Å². The number of carbonyl (C=O) groups is 2. The Bertz CT molecular complexity index is 337. The summed E-state index contributed by atoms with van der Waals surface area (Å²) in [4.78, 5) is 20.5. The van der Waals surface area contributed by atoms with Crippen LogP contribution < -0.4 is 0 Å². The summed E-state index contributed by atoms with van der Waals surface area (Å²) >= 11 is 0. The number of carbonyl (C=O) groups excluding carboxylic acids is 2. The summed E-state index contributed by atoms with van der Waals surface area (Å²) in [7, 11) is -5.07. The number of alkyl halides is 2. The van der Waals surface area contributed by atoms with Gasteiger partial charge in [-0.05, 0) is 0 Å². The van der Waals surface area contributed by atoms with E-state index < -0.39 is 27.7 Å². The number of rotatable bonds is 1. The van der Waals surface area contributed by atoms with Crippen molar-refractivity contribution in [3.05, 3.63) is 0 Å². The molecular weight excluding hydrogens is 240 g/mol. The van der Waals surface area contributed by atoms with Gasteiger partial charge in [-0.2, -0.15) is 22.3 Å². The maximum Gasteiger partial charge on any atom is 0.361 e. The van der Waals surface area contributed by atoms with Crippen molar-refractivity contribution in [3.8, 4) is 0 Å². The van der Waals surface area contributed by atoms with Crippen molar-refractivity contribution in [3.63, 3.8) is 0 Å². The first kappa shape index (κ1) is 13.9. The van der Waals surface area contributed by atoms with E-state index in [-0.39, 0.29) is 17.9 Å². The first-order chi connectivity index (χ1) is 6.66. The van der Waals surface area contributed by atoms with Gasteiger partial charge in [0.1, 0.15) is 0 Å². The van der Waals surface area contributed by atoms with Crippen molar-refractivity contribution in [2.24, 2.45) is 0 Å². The van der Waals surface area contributed by atoms with E-state index in [0.29, 0.717) is 0 Å². The molecule has 2 amide bonds. The second-order valence-corrected chi connectivity index (χ2v) is 3.76. The van der Waals surface area contributed by atoms with Gasteiger partial charge in [0.25, 0.3) is 11.8 Å². The summed E-state index contributed by atoms with van der Waals surface area (Å²) in [6.07, 6.45) is 0.296. The van der Waals surface area contributed by atoms with Crippen LogP contribution in [0.2, 0.25) is 0 Å². The number of amides is 2. The van der Waals surface area contributed by atoms with Crippen molar-refractivity contribution in [2.75, 3.05) is 0 Å². The van der Waals surface area contributed by atoms with Gasteiger partial charge >= 0.3 is 15.9 Å². The van der Waals surface area contributed by atoms with Crippen LogP contribution in [0.3, 0.4) is 0 Å². The molecule has 1 heterocycles. The van der Waals surface area contributed by atoms with Gasteiger partial charge in [0.2, 0.25) is 0 Å². The highest BCUT2D eigenvalue weighted by Crippen LogP contribution is 2.07. The molecule has 0 unspecified atom stereocenters. The third kappa shape index (κ3) is 4.76. The fraction of sp³-hybridized carbons (Fsp3) is 0.600. The largest absolute Gasteiger partial charge is 0.361 e. The number of nitrogens with zero attached hydrogens (tertiary/aromatic N) is 1.